The highest BCUT2D eigenvalue weighted by Gasteiger charge is 1.72. The van der Waals surface area contributed by atoms with Crippen LogP contribution in [0.1, 0.15) is 6.92 Å². The molecule has 0 aliphatic heterocycles. The maximum atomic E-state index is 9.62. The third kappa shape index (κ3) is 3.85. The van der Waals surface area contributed by atoms with Crippen LogP contribution < -0.4 is 0 Å². The Morgan fingerprint density at radius 2 is 2.33 bits per heavy atom. The Morgan fingerprint density at radius 1 is 1.83 bits per heavy atom. The lowest BCUT2D eigenvalue weighted by Gasteiger charge is -1.69. The second kappa shape index (κ2) is 3.06. The summed E-state index contributed by atoms with van der Waals surface area (Å²) in [6.07, 6.45) is 1.52. The Kier molecular flexibility index (Phi) is 2.98. The van der Waals surface area contributed by atoms with Gasteiger partial charge in [-0.05, 0) is 6.92 Å². The van der Waals surface area contributed by atoms with E-state index in [1.165, 1.54) is 11.5 Å². The van der Waals surface area contributed by atoms with Crippen LogP contribution >= 0.6 is 0 Å². The number of hydrogen-bond donors (Lipinski definition) is 1. The normalized spacial score (nSPS) is 15.7. The zero-order chi connectivity index (χ0) is 4.99. The highest BCUT2D eigenvalue weighted by Crippen LogP contribution is 1.72. The van der Waals surface area contributed by atoms with Gasteiger partial charge in [0.15, 0.2) is 11.1 Å². The van der Waals surface area contributed by atoms with Crippen LogP contribution in [0.5, 0.6) is 0 Å². The van der Waals surface area contributed by atoms with Crippen molar-refractivity contribution in [3.8, 4) is 0 Å². The standard InChI is InChI=1S/C3H6O2S/c1-2-3-6(4)5/h2-3H,1H3,(H,4,5)/b3-2+. The third-order valence-electron chi connectivity index (χ3n) is 0.252. The molecule has 36 valence electrons. The summed E-state index contributed by atoms with van der Waals surface area (Å²) < 4.78 is 17.6. The van der Waals surface area contributed by atoms with Crippen LogP contribution in [-0.2, 0) is 11.1 Å². The molecule has 0 aliphatic carbocycles. The van der Waals surface area contributed by atoms with Crippen molar-refractivity contribution in [3.63, 3.8) is 0 Å². The summed E-state index contributed by atoms with van der Waals surface area (Å²) >= 11 is -1.75. The molecule has 0 aliphatic rings. The molecule has 0 aromatic rings. The van der Waals surface area contributed by atoms with Gasteiger partial charge in [-0.15, -0.1) is 0 Å². The summed E-state index contributed by atoms with van der Waals surface area (Å²) in [5, 5.41) is 1.19. The molecule has 1 atom stereocenters. The van der Waals surface area contributed by atoms with Gasteiger partial charge in [0.2, 0.25) is 0 Å². The molecule has 0 bridgehead atoms. The Morgan fingerprint density at radius 3 is 2.33 bits per heavy atom. The van der Waals surface area contributed by atoms with Crippen LogP contribution in [0.2, 0.25) is 0 Å². The Hall–Kier alpha value is -0.150. The topological polar surface area (TPSA) is 37.3 Å². The fourth-order valence-electron chi connectivity index (χ4n) is 0.116. The van der Waals surface area contributed by atoms with Gasteiger partial charge in [0.25, 0.3) is 0 Å². The first-order valence-electron chi connectivity index (χ1n) is 1.50. The monoisotopic (exact) mass is 106 g/mol. The molecule has 2 nitrogen and oxygen atoms in total. The van der Waals surface area contributed by atoms with Gasteiger partial charge >= 0.3 is 0 Å². The van der Waals surface area contributed by atoms with E-state index in [1.54, 1.807) is 6.92 Å². The Labute approximate surface area is 39.2 Å². The van der Waals surface area contributed by atoms with E-state index < -0.39 is 11.1 Å². The lowest BCUT2D eigenvalue weighted by Crippen LogP contribution is -1.72. The van der Waals surface area contributed by atoms with Crippen molar-refractivity contribution in [1.29, 1.82) is 0 Å². The average molecular weight is 106 g/mol. The Balaban J connectivity index is 3.30. The van der Waals surface area contributed by atoms with Crippen molar-refractivity contribution in [2.75, 3.05) is 0 Å². The van der Waals surface area contributed by atoms with Crippen LogP contribution in [0.4, 0.5) is 0 Å². The van der Waals surface area contributed by atoms with Crippen molar-refractivity contribution in [2.45, 2.75) is 6.92 Å². The third-order valence-corrected chi connectivity index (χ3v) is 0.757. The summed E-state index contributed by atoms with van der Waals surface area (Å²) in [6, 6.07) is 0. The first-order chi connectivity index (χ1) is 2.77. The first-order valence-corrected chi connectivity index (χ1v) is 2.67. The molecule has 0 aromatic carbocycles. The van der Waals surface area contributed by atoms with E-state index in [1.807, 2.05) is 0 Å². The summed E-state index contributed by atoms with van der Waals surface area (Å²) in [5.41, 5.74) is 0. The lowest BCUT2D eigenvalue weighted by atomic mass is 10.8. The van der Waals surface area contributed by atoms with E-state index in [-0.39, 0.29) is 0 Å². The van der Waals surface area contributed by atoms with Gasteiger partial charge in [-0.3, -0.25) is 0 Å². The highest BCUT2D eigenvalue weighted by atomic mass is 32.2. The van der Waals surface area contributed by atoms with E-state index in [2.05, 4.69) is 0 Å². The molecule has 0 fully saturated rings. The van der Waals surface area contributed by atoms with E-state index in [9.17, 15) is 4.21 Å². The smallest absolute Gasteiger partial charge is 0.178 e. The summed E-state index contributed by atoms with van der Waals surface area (Å²) in [6.45, 7) is 1.69. The number of rotatable bonds is 1. The van der Waals surface area contributed by atoms with Crippen molar-refractivity contribution in [2.24, 2.45) is 0 Å². The summed E-state index contributed by atoms with van der Waals surface area (Å²) in [5.74, 6) is 0. The maximum Gasteiger partial charge on any atom is 0.178 e. The minimum atomic E-state index is -1.75. The molecule has 0 heterocycles. The minimum Gasteiger partial charge on any atom is -0.303 e. The summed E-state index contributed by atoms with van der Waals surface area (Å²) in [4.78, 5) is 0. The predicted molar refractivity (Wildman–Crippen MR) is 25.6 cm³/mol. The van der Waals surface area contributed by atoms with Crippen LogP contribution in [0.3, 0.4) is 0 Å². The molecule has 0 aromatic heterocycles. The lowest BCUT2D eigenvalue weighted by molar-refractivity contribution is 0.574. The van der Waals surface area contributed by atoms with Crippen molar-refractivity contribution >= 4 is 11.1 Å². The van der Waals surface area contributed by atoms with Gasteiger partial charge in [0.05, 0.1) is 0 Å². The molecule has 0 saturated heterocycles. The number of hydrogen-bond acceptors (Lipinski definition) is 1. The van der Waals surface area contributed by atoms with Crippen LogP contribution in [0, 0.1) is 0 Å². The zero-order valence-electron chi connectivity index (χ0n) is 3.42. The predicted octanol–water partition coefficient (Wildman–Crippen LogP) is 0.742. The molecular formula is C3H6O2S. The van der Waals surface area contributed by atoms with Gasteiger partial charge in [0, 0.05) is 5.41 Å². The first kappa shape index (κ1) is 5.85. The van der Waals surface area contributed by atoms with Crippen molar-refractivity contribution in [3.05, 3.63) is 11.5 Å². The molecule has 0 amide bonds. The van der Waals surface area contributed by atoms with Gasteiger partial charge in [-0.2, -0.15) is 0 Å². The largest absolute Gasteiger partial charge is 0.303 e. The molecule has 3 heteroatoms. The van der Waals surface area contributed by atoms with E-state index in [4.69, 9.17) is 4.55 Å². The van der Waals surface area contributed by atoms with Crippen molar-refractivity contribution in [1.82, 2.24) is 0 Å². The second-order valence-corrected chi connectivity index (χ2v) is 1.57. The number of allylic oxidation sites excluding steroid dienone is 1. The molecule has 0 rings (SSSR count). The average Bonchev–Trinajstić information content (AvgIpc) is 1.35. The zero-order valence-corrected chi connectivity index (χ0v) is 4.23. The fourth-order valence-corrected chi connectivity index (χ4v) is 0.349. The molecule has 1 N–H and O–H groups in total. The SMILES string of the molecule is C/C=C/S(=O)O. The molecule has 0 radical (unpaired) electrons. The second-order valence-electron chi connectivity index (χ2n) is 0.746. The van der Waals surface area contributed by atoms with E-state index >= 15 is 0 Å². The quantitative estimate of drug-likeness (QED) is 0.500. The van der Waals surface area contributed by atoms with Crippen LogP contribution in [-0.4, -0.2) is 8.76 Å². The van der Waals surface area contributed by atoms with Gasteiger partial charge < -0.3 is 4.55 Å². The fraction of sp³-hybridized carbons (Fsp3) is 0.333. The Bertz CT molecular complexity index is 76.9. The van der Waals surface area contributed by atoms with Gasteiger partial charge in [-0.1, -0.05) is 6.08 Å². The summed E-state index contributed by atoms with van der Waals surface area (Å²) in [7, 11) is 0. The maximum absolute atomic E-state index is 9.62. The minimum absolute atomic E-state index is 1.19. The molecule has 0 spiro atoms. The molecule has 1 unspecified atom stereocenters. The molecular weight excluding hydrogens is 100 g/mol. The van der Waals surface area contributed by atoms with Crippen molar-refractivity contribution < 1.29 is 8.76 Å². The molecule has 0 saturated carbocycles. The van der Waals surface area contributed by atoms with E-state index in [0.29, 0.717) is 0 Å². The van der Waals surface area contributed by atoms with Gasteiger partial charge in [0.1, 0.15) is 0 Å². The highest BCUT2D eigenvalue weighted by molar-refractivity contribution is 7.82. The van der Waals surface area contributed by atoms with E-state index in [0.717, 1.165) is 0 Å². The van der Waals surface area contributed by atoms with Gasteiger partial charge in [-0.25, -0.2) is 4.21 Å². The molecule has 6 heavy (non-hydrogen) atoms. The van der Waals surface area contributed by atoms with Crippen LogP contribution in [0.15, 0.2) is 11.5 Å². The van der Waals surface area contributed by atoms with Crippen LogP contribution in [0.25, 0.3) is 0 Å².